The first-order valence-electron chi connectivity index (χ1n) is 6.17. The van der Waals surface area contributed by atoms with Crippen LogP contribution < -0.4 is 5.32 Å². The van der Waals surface area contributed by atoms with E-state index in [1.54, 1.807) is 0 Å². The number of pyridine rings is 1. The number of halogens is 3. The molecule has 0 aliphatic carbocycles. The zero-order chi connectivity index (χ0) is 16.3. The monoisotopic (exact) mass is 297 g/mol. The van der Waals surface area contributed by atoms with Gasteiger partial charge in [0.25, 0.3) is 8.05 Å². The van der Waals surface area contributed by atoms with E-state index in [0.717, 1.165) is 6.07 Å². The summed E-state index contributed by atoms with van der Waals surface area (Å²) in [7, 11) is 5.14. The van der Waals surface area contributed by atoms with Crippen LogP contribution in [0.1, 0.15) is 43.8 Å². The Morgan fingerprint density at radius 2 is 2.00 bits per heavy atom. The van der Waals surface area contributed by atoms with Crippen LogP contribution in [0.3, 0.4) is 0 Å². The van der Waals surface area contributed by atoms with Gasteiger partial charge in [-0.25, -0.2) is 4.98 Å². The minimum Gasteiger partial charge on any atom is -0.439 e. The Morgan fingerprint density at radius 1 is 1.38 bits per heavy atom. The van der Waals surface area contributed by atoms with Crippen molar-refractivity contribution in [3.05, 3.63) is 29.1 Å². The predicted molar refractivity (Wildman–Crippen MR) is 71.3 cm³/mol. The molecular weight excluding hydrogens is 282 g/mol. The SMILES string of the molecule is [B]OC(CNC(C)(C)C)c1ccc(C#N)c(C(F)(F)F)n1. The van der Waals surface area contributed by atoms with Crippen LogP contribution in [0.5, 0.6) is 0 Å². The summed E-state index contributed by atoms with van der Waals surface area (Å²) in [5, 5.41) is 11.8. The van der Waals surface area contributed by atoms with Crippen LogP contribution in [0.2, 0.25) is 0 Å². The highest BCUT2D eigenvalue weighted by atomic mass is 19.4. The summed E-state index contributed by atoms with van der Waals surface area (Å²) in [6, 6.07) is 3.84. The Labute approximate surface area is 122 Å². The number of aromatic nitrogens is 1. The van der Waals surface area contributed by atoms with Crippen LogP contribution in [-0.4, -0.2) is 25.1 Å². The molecule has 8 heteroatoms. The predicted octanol–water partition coefficient (Wildman–Crippen LogP) is 2.50. The standard InChI is InChI=1S/C13H15BF3N3O/c1-12(2,3)19-7-10(21-14)9-5-4-8(6-18)11(20-9)13(15,16)17/h4-5,10,19H,7H2,1-3H3. The first kappa shape index (κ1) is 17.5. The van der Waals surface area contributed by atoms with Crippen molar-refractivity contribution in [2.75, 3.05) is 6.54 Å². The number of nitrogens with one attached hydrogen (secondary N) is 1. The third kappa shape index (κ3) is 5.03. The van der Waals surface area contributed by atoms with Gasteiger partial charge in [0.05, 0.1) is 17.4 Å². The van der Waals surface area contributed by atoms with E-state index in [-0.39, 0.29) is 17.8 Å². The smallest absolute Gasteiger partial charge is 0.434 e. The van der Waals surface area contributed by atoms with E-state index in [1.165, 1.54) is 12.1 Å². The van der Waals surface area contributed by atoms with Gasteiger partial charge in [0.1, 0.15) is 6.07 Å². The van der Waals surface area contributed by atoms with E-state index >= 15 is 0 Å². The van der Waals surface area contributed by atoms with Crippen LogP contribution in [0.15, 0.2) is 12.1 Å². The maximum Gasteiger partial charge on any atom is 0.434 e. The third-order valence-corrected chi connectivity index (χ3v) is 2.62. The van der Waals surface area contributed by atoms with Gasteiger partial charge in [0, 0.05) is 12.1 Å². The fourth-order valence-electron chi connectivity index (χ4n) is 1.58. The number of nitriles is 1. The zero-order valence-corrected chi connectivity index (χ0v) is 12.0. The molecule has 0 aliphatic rings. The lowest BCUT2D eigenvalue weighted by molar-refractivity contribution is -0.141. The third-order valence-electron chi connectivity index (χ3n) is 2.62. The number of rotatable bonds is 4. The van der Waals surface area contributed by atoms with Crippen LogP contribution in [0.25, 0.3) is 0 Å². The quantitative estimate of drug-likeness (QED) is 0.868. The van der Waals surface area contributed by atoms with Gasteiger partial charge in [0.15, 0.2) is 5.69 Å². The molecular formula is C13H15BF3N3O. The van der Waals surface area contributed by atoms with Crippen molar-refractivity contribution in [3.63, 3.8) is 0 Å². The Balaban J connectivity index is 3.09. The summed E-state index contributed by atoms with van der Waals surface area (Å²) >= 11 is 0. The Morgan fingerprint density at radius 3 is 2.43 bits per heavy atom. The van der Waals surface area contributed by atoms with Crippen LogP contribution in [-0.2, 0) is 10.8 Å². The zero-order valence-electron chi connectivity index (χ0n) is 12.0. The van der Waals surface area contributed by atoms with Gasteiger partial charge >= 0.3 is 6.18 Å². The molecule has 1 N–H and O–H groups in total. The van der Waals surface area contributed by atoms with E-state index in [2.05, 4.69) is 10.3 Å². The highest BCUT2D eigenvalue weighted by Gasteiger charge is 2.36. The van der Waals surface area contributed by atoms with Crippen LogP contribution in [0, 0.1) is 11.3 Å². The van der Waals surface area contributed by atoms with Gasteiger partial charge in [-0.1, -0.05) is 0 Å². The van der Waals surface area contributed by atoms with Gasteiger partial charge in [-0.2, -0.15) is 18.4 Å². The summed E-state index contributed by atoms with van der Waals surface area (Å²) in [5.41, 5.74) is -2.01. The topological polar surface area (TPSA) is 57.9 Å². The lowest BCUT2D eigenvalue weighted by atomic mass is 10.1. The van der Waals surface area contributed by atoms with Crippen molar-refractivity contribution in [2.24, 2.45) is 0 Å². The highest BCUT2D eigenvalue weighted by Crippen LogP contribution is 2.31. The van der Waals surface area contributed by atoms with Gasteiger partial charge in [0.2, 0.25) is 0 Å². The minimum atomic E-state index is -4.71. The molecule has 2 radical (unpaired) electrons. The van der Waals surface area contributed by atoms with Crippen molar-refractivity contribution in [1.29, 1.82) is 5.26 Å². The maximum absolute atomic E-state index is 12.9. The lowest BCUT2D eigenvalue weighted by Gasteiger charge is -2.25. The molecule has 4 nitrogen and oxygen atoms in total. The van der Waals surface area contributed by atoms with E-state index in [4.69, 9.17) is 18.0 Å². The van der Waals surface area contributed by atoms with Crippen molar-refractivity contribution < 1.29 is 17.8 Å². The van der Waals surface area contributed by atoms with Crippen molar-refractivity contribution >= 4 is 8.05 Å². The average Bonchev–Trinajstić information content (AvgIpc) is 2.37. The molecule has 1 heterocycles. The molecule has 1 atom stereocenters. The maximum atomic E-state index is 12.9. The molecule has 0 bridgehead atoms. The lowest BCUT2D eigenvalue weighted by Crippen LogP contribution is -2.39. The fourth-order valence-corrected chi connectivity index (χ4v) is 1.58. The van der Waals surface area contributed by atoms with Gasteiger partial charge in [-0.15, -0.1) is 0 Å². The molecule has 112 valence electrons. The second-order valence-electron chi connectivity index (χ2n) is 5.50. The molecule has 0 fully saturated rings. The summed E-state index contributed by atoms with van der Waals surface area (Å²) in [6.45, 7) is 5.88. The van der Waals surface area contributed by atoms with E-state index in [0.29, 0.717) is 0 Å². The van der Waals surface area contributed by atoms with E-state index in [1.807, 2.05) is 20.8 Å². The minimum absolute atomic E-state index is 0.0144. The van der Waals surface area contributed by atoms with Crippen LogP contribution >= 0.6 is 0 Å². The largest absolute Gasteiger partial charge is 0.439 e. The highest BCUT2D eigenvalue weighted by molar-refractivity contribution is 5.98. The summed E-state index contributed by atoms with van der Waals surface area (Å²) in [6.07, 6.45) is -5.56. The number of hydrogen-bond donors (Lipinski definition) is 1. The molecule has 0 saturated heterocycles. The fraction of sp³-hybridized carbons (Fsp3) is 0.538. The normalized spacial score (nSPS) is 13.8. The second kappa shape index (κ2) is 6.45. The first-order chi connectivity index (χ1) is 9.58. The summed E-state index contributed by atoms with van der Waals surface area (Å²) in [5.74, 6) is 0. The summed E-state index contributed by atoms with van der Waals surface area (Å²) < 4.78 is 43.3. The molecule has 1 rings (SSSR count). The Kier molecular flexibility index (Phi) is 5.37. The van der Waals surface area contributed by atoms with Gasteiger partial charge in [-0.3, -0.25) is 0 Å². The molecule has 0 spiro atoms. The van der Waals surface area contributed by atoms with E-state index < -0.39 is 23.5 Å². The number of nitrogens with zero attached hydrogens (tertiary/aromatic N) is 2. The van der Waals surface area contributed by atoms with Crippen molar-refractivity contribution in [1.82, 2.24) is 10.3 Å². The van der Waals surface area contributed by atoms with Crippen molar-refractivity contribution in [3.8, 4) is 6.07 Å². The summed E-state index contributed by atoms with van der Waals surface area (Å²) in [4.78, 5) is 3.49. The molecule has 0 aromatic carbocycles. The molecule has 1 aromatic rings. The second-order valence-corrected chi connectivity index (χ2v) is 5.50. The molecule has 0 amide bonds. The average molecular weight is 297 g/mol. The van der Waals surface area contributed by atoms with E-state index in [9.17, 15) is 13.2 Å². The Bertz CT molecular complexity index is 535. The van der Waals surface area contributed by atoms with Crippen LogP contribution in [0.4, 0.5) is 13.2 Å². The molecule has 1 unspecified atom stereocenters. The first-order valence-corrected chi connectivity index (χ1v) is 6.17. The Hall–Kier alpha value is -1.59. The molecule has 0 aliphatic heterocycles. The number of alkyl halides is 3. The number of hydrogen-bond acceptors (Lipinski definition) is 4. The molecule has 1 aromatic heterocycles. The van der Waals surface area contributed by atoms with Gasteiger partial charge < -0.3 is 9.97 Å². The van der Waals surface area contributed by atoms with Gasteiger partial charge in [-0.05, 0) is 32.9 Å². The molecule has 0 saturated carbocycles. The van der Waals surface area contributed by atoms with Crippen molar-refractivity contribution in [2.45, 2.75) is 38.6 Å². The molecule has 21 heavy (non-hydrogen) atoms.